The summed E-state index contributed by atoms with van der Waals surface area (Å²) in [7, 11) is -4.13. The van der Waals surface area contributed by atoms with Crippen molar-refractivity contribution in [2.24, 2.45) is 0 Å². The van der Waals surface area contributed by atoms with Crippen molar-refractivity contribution < 1.29 is 27.5 Å². The maximum atomic E-state index is 13.2. The Morgan fingerprint density at radius 1 is 1.02 bits per heavy atom. The zero-order chi connectivity index (χ0) is 31.0. The molecule has 4 rings (SSSR count). The van der Waals surface area contributed by atoms with Gasteiger partial charge in [0.1, 0.15) is 18.1 Å². The zero-order valence-corrected chi connectivity index (χ0v) is 24.8. The fourth-order valence-electron chi connectivity index (χ4n) is 4.57. The molecule has 0 aliphatic carbocycles. The van der Waals surface area contributed by atoms with Crippen LogP contribution in [-0.2, 0) is 34.3 Å². The van der Waals surface area contributed by atoms with E-state index in [-0.39, 0.29) is 27.6 Å². The molecule has 0 saturated carbocycles. The molecule has 0 atom stereocenters. The number of carbonyl (C=O) groups is 3. The van der Waals surface area contributed by atoms with Gasteiger partial charge in [-0.25, -0.2) is 13.2 Å². The number of carbonyl (C=O) groups excluding carboxylic acids is 3. The molecule has 14 heteroatoms. The lowest BCUT2D eigenvalue weighted by Gasteiger charge is -2.27. The summed E-state index contributed by atoms with van der Waals surface area (Å²) in [5.41, 5.74) is 2.18. The van der Waals surface area contributed by atoms with E-state index in [9.17, 15) is 22.8 Å². The number of anilines is 1. The van der Waals surface area contributed by atoms with Gasteiger partial charge in [0.25, 0.3) is 11.8 Å². The van der Waals surface area contributed by atoms with Crippen molar-refractivity contribution in [2.75, 3.05) is 31.6 Å². The first-order valence-electron chi connectivity index (χ1n) is 13.2. The lowest BCUT2D eigenvalue weighted by Crippen LogP contribution is -2.34. The highest BCUT2D eigenvalue weighted by Gasteiger charge is 2.30. The molecular weight excluding hydrogens is 592 g/mol. The normalized spacial score (nSPS) is 12.9. The standard InChI is InChI=1S/C29H28N6O6S2/c1-2-41-29(38)33-27(37)25-23-12-15-34(18-20-6-4-3-5-7-20)19-24(23)42-28(25)32-26(36)21-8-10-22(11-9-21)43(39,40)35(16-13-30)17-14-31/h3-11H,2,12,15-19H2,1H3,(H,32,36)(H,33,37,38). The Hall–Kier alpha value is -4.60. The minimum absolute atomic E-state index is 0.0788. The Morgan fingerprint density at radius 3 is 2.33 bits per heavy atom. The summed E-state index contributed by atoms with van der Waals surface area (Å²) in [6, 6.07) is 18.4. The highest BCUT2D eigenvalue weighted by atomic mass is 32.2. The minimum atomic E-state index is -4.13. The lowest BCUT2D eigenvalue weighted by molar-refractivity contribution is 0.0924. The summed E-state index contributed by atoms with van der Waals surface area (Å²) < 4.78 is 31.3. The molecule has 0 bridgehead atoms. The van der Waals surface area contributed by atoms with E-state index in [0.29, 0.717) is 26.1 Å². The molecule has 0 radical (unpaired) electrons. The summed E-state index contributed by atoms with van der Waals surface area (Å²) in [4.78, 5) is 41.4. The number of benzene rings is 2. The summed E-state index contributed by atoms with van der Waals surface area (Å²) in [5.74, 6) is -1.29. The van der Waals surface area contributed by atoms with Crippen LogP contribution in [0.4, 0.5) is 9.80 Å². The van der Waals surface area contributed by atoms with Gasteiger partial charge in [-0.15, -0.1) is 11.3 Å². The third-order valence-electron chi connectivity index (χ3n) is 6.58. The van der Waals surface area contributed by atoms with E-state index in [0.717, 1.165) is 20.3 Å². The Labute approximate surface area is 253 Å². The van der Waals surface area contributed by atoms with Gasteiger partial charge in [0.15, 0.2) is 0 Å². The van der Waals surface area contributed by atoms with Crippen LogP contribution in [0.5, 0.6) is 0 Å². The number of ether oxygens (including phenoxy) is 1. The first kappa shape index (κ1) is 31.3. The molecule has 3 aromatic rings. The molecule has 1 aliphatic rings. The Bertz CT molecular complexity index is 1680. The van der Waals surface area contributed by atoms with E-state index in [1.165, 1.54) is 35.6 Å². The molecule has 12 nitrogen and oxygen atoms in total. The Balaban J connectivity index is 1.59. The van der Waals surface area contributed by atoms with Gasteiger partial charge in [0.2, 0.25) is 10.0 Å². The number of sulfonamides is 1. The molecule has 0 unspecified atom stereocenters. The molecule has 0 saturated heterocycles. The summed E-state index contributed by atoms with van der Waals surface area (Å²) >= 11 is 1.24. The van der Waals surface area contributed by atoms with Gasteiger partial charge < -0.3 is 10.1 Å². The van der Waals surface area contributed by atoms with Crippen LogP contribution in [0.1, 0.15) is 43.6 Å². The van der Waals surface area contributed by atoms with E-state index >= 15 is 0 Å². The molecule has 1 aliphatic heterocycles. The maximum Gasteiger partial charge on any atom is 0.414 e. The molecule has 222 valence electrons. The molecule has 0 spiro atoms. The third-order valence-corrected chi connectivity index (χ3v) is 9.52. The van der Waals surface area contributed by atoms with Gasteiger partial charge in [-0.3, -0.25) is 19.8 Å². The number of alkyl carbamates (subject to hydrolysis) is 1. The summed E-state index contributed by atoms with van der Waals surface area (Å²) in [6.45, 7) is 2.61. The highest BCUT2D eigenvalue weighted by molar-refractivity contribution is 7.89. The van der Waals surface area contributed by atoms with Crippen LogP contribution < -0.4 is 10.6 Å². The van der Waals surface area contributed by atoms with Gasteiger partial charge in [-0.2, -0.15) is 14.8 Å². The predicted octanol–water partition coefficient (Wildman–Crippen LogP) is 3.48. The van der Waals surface area contributed by atoms with Crippen molar-refractivity contribution in [3.8, 4) is 12.1 Å². The smallest absolute Gasteiger partial charge is 0.414 e. The van der Waals surface area contributed by atoms with E-state index in [1.54, 1.807) is 19.1 Å². The van der Waals surface area contributed by atoms with Crippen molar-refractivity contribution in [1.82, 2.24) is 14.5 Å². The van der Waals surface area contributed by atoms with Crippen LogP contribution in [-0.4, -0.2) is 61.8 Å². The Morgan fingerprint density at radius 2 is 1.70 bits per heavy atom. The molecule has 2 heterocycles. The van der Waals surface area contributed by atoms with Crippen LogP contribution in [0.15, 0.2) is 59.5 Å². The van der Waals surface area contributed by atoms with Crippen molar-refractivity contribution in [3.63, 3.8) is 0 Å². The number of thiophene rings is 1. The van der Waals surface area contributed by atoms with E-state index in [4.69, 9.17) is 15.3 Å². The first-order valence-corrected chi connectivity index (χ1v) is 15.5. The number of nitrogens with one attached hydrogen (secondary N) is 2. The topological polar surface area (TPSA) is 173 Å². The fraction of sp³-hybridized carbons (Fsp3) is 0.276. The van der Waals surface area contributed by atoms with E-state index < -0.39 is 41.0 Å². The minimum Gasteiger partial charge on any atom is -0.450 e. The van der Waals surface area contributed by atoms with E-state index in [2.05, 4.69) is 15.5 Å². The quantitative estimate of drug-likeness (QED) is 0.322. The number of nitrogens with zero attached hydrogens (tertiary/aromatic N) is 4. The zero-order valence-electron chi connectivity index (χ0n) is 23.2. The summed E-state index contributed by atoms with van der Waals surface area (Å²) in [5, 5.41) is 23.1. The molecule has 1 aromatic heterocycles. The predicted molar refractivity (Wildman–Crippen MR) is 157 cm³/mol. The van der Waals surface area contributed by atoms with Crippen molar-refractivity contribution in [2.45, 2.75) is 31.3 Å². The molecule has 0 fully saturated rings. The number of amides is 3. The van der Waals surface area contributed by atoms with Gasteiger partial charge in [-0.05, 0) is 48.7 Å². The van der Waals surface area contributed by atoms with Crippen molar-refractivity contribution >= 4 is 44.3 Å². The van der Waals surface area contributed by atoms with Crippen LogP contribution in [0, 0.1) is 22.7 Å². The van der Waals surface area contributed by atoms with Crippen LogP contribution in [0.25, 0.3) is 0 Å². The number of imide groups is 1. The number of hydrogen-bond acceptors (Lipinski definition) is 10. The maximum absolute atomic E-state index is 13.2. The van der Waals surface area contributed by atoms with Crippen LogP contribution in [0.2, 0.25) is 0 Å². The van der Waals surface area contributed by atoms with Crippen molar-refractivity contribution in [3.05, 3.63) is 81.7 Å². The fourth-order valence-corrected chi connectivity index (χ4v) is 7.09. The Kier molecular flexibility index (Phi) is 10.2. The van der Waals surface area contributed by atoms with Gasteiger partial charge in [0, 0.05) is 30.1 Å². The second kappa shape index (κ2) is 14.0. The van der Waals surface area contributed by atoms with Gasteiger partial charge in [0.05, 0.1) is 29.2 Å². The van der Waals surface area contributed by atoms with Crippen LogP contribution in [0.3, 0.4) is 0 Å². The molecule has 3 amide bonds. The number of nitriles is 2. The molecule has 2 aromatic carbocycles. The highest BCUT2D eigenvalue weighted by Crippen LogP contribution is 2.38. The first-order chi connectivity index (χ1) is 20.7. The van der Waals surface area contributed by atoms with Crippen molar-refractivity contribution in [1.29, 1.82) is 10.5 Å². The average Bonchev–Trinajstić information content (AvgIpc) is 3.34. The largest absolute Gasteiger partial charge is 0.450 e. The number of fused-ring (bicyclic) bond motifs is 1. The van der Waals surface area contributed by atoms with E-state index in [1.807, 2.05) is 30.3 Å². The number of hydrogen-bond donors (Lipinski definition) is 2. The monoisotopic (exact) mass is 620 g/mol. The van der Waals surface area contributed by atoms with Gasteiger partial charge >= 0.3 is 6.09 Å². The molecule has 43 heavy (non-hydrogen) atoms. The molecule has 2 N–H and O–H groups in total. The summed E-state index contributed by atoms with van der Waals surface area (Å²) in [6.07, 6.45) is -0.376. The average molecular weight is 621 g/mol. The number of rotatable bonds is 10. The molecular formula is C29H28N6O6S2. The second-order valence-electron chi connectivity index (χ2n) is 9.40. The lowest BCUT2D eigenvalue weighted by atomic mass is 10.0. The van der Waals surface area contributed by atoms with Gasteiger partial charge in [-0.1, -0.05) is 30.3 Å². The second-order valence-corrected chi connectivity index (χ2v) is 12.4. The third kappa shape index (κ3) is 7.43. The SMILES string of the molecule is CCOC(=O)NC(=O)c1c(NC(=O)c2ccc(S(=O)(=O)N(CC#N)CC#N)cc2)sc2c1CCN(Cc1ccccc1)C2. The van der Waals surface area contributed by atoms with Crippen LogP contribution >= 0.6 is 11.3 Å².